The molecule has 1 aromatic carbocycles. The van der Waals surface area contributed by atoms with Crippen LogP contribution in [0, 0.1) is 6.92 Å². The standard InChI is InChI=1S/C20H23F3N4O2/c1-12-9-13(20(21,22)23)10-16(28)19(12)14-3-4-18(25-24-14)27-7-8-29-17-5-6-26(2)11-15(17)27/h3-4,9-10,15,17,28H,5-8,11H2,1-2H3/t15-,17+/m1/s1. The van der Waals surface area contributed by atoms with Crippen LogP contribution in [0.2, 0.25) is 0 Å². The van der Waals surface area contributed by atoms with Crippen LogP contribution in [0.1, 0.15) is 17.5 Å². The summed E-state index contributed by atoms with van der Waals surface area (Å²) in [5.74, 6) is 0.242. The number of halogens is 3. The number of benzene rings is 1. The molecule has 0 saturated carbocycles. The normalized spacial score (nSPS) is 23.1. The van der Waals surface area contributed by atoms with E-state index in [1.54, 1.807) is 12.1 Å². The van der Waals surface area contributed by atoms with E-state index in [1.807, 2.05) is 0 Å². The molecule has 2 aliphatic rings. The van der Waals surface area contributed by atoms with Gasteiger partial charge in [-0.3, -0.25) is 0 Å². The smallest absolute Gasteiger partial charge is 0.416 e. The Bertz CT molecular complexity index is 865. The van der Waals surface area contributed by atoms with Crippen LogP contribution < -0.4 is 4.90 Å². The van der Waals surface area contributed by atoms with Gasteiger partial charge in [-0.1, -0.05) is 0 Å². The maximum Gasteiger partial charge on any atom is 0.416 e. The molecule has 4 rings (SSSR count). The molecule has 1 N–H and O–H groups in total. The van der Waals surface area contributed by atoms with Gasteiger partial charge in [0.05, 0.1) is 30.0 Å². The second-order valence-corrected chi connectivity index (χ2v) is 7.68. The molecule has 0 amide bonds. The first kappa shape index (κ1) is 19.9. The number of phenolic OH excluding ortho intramolecular Hbond substituents is 1. The minimum absolute atomic E-state index is 0.155. The number of nitrogens with zero attached hydrogens (tertiary/aromatic N) is 4. The van der Waals surface area contributed by atoms with Gasteiger partial charge >= 0.3 is 6.18 Å². The summed E-state index contributed by atoms with van der Waals surface area (Å²) in [4.78, 5) is 4.44. The predicted molar refractivity (Wildman–Crippen MR) is 102 cm³/mol. The Morgan fingerprint density at radius 1 is 1.17 bits per heavy atom. The number of alkyl halides is 3. The summed E-state index contributed by atoms with van der Waals surface area (Å²) in [7, 11) is 2.08. The zero-order valence-corrected chi connectivity index (χ0v) is 16.3. The van der Waals surface area contributed by atoms with Crippen molar-refractivity contribution in [3.8, 4) is 17.0 Å². The summed E-state index contributed by atoms with van der Waals surface area (Å²) in [6.07, 6.45) is -3.40. The molecule has 0 aliphatic carbocycles. The van der Waals surface area contributed by atoms with E-state index in [0.29, 0.717) is 30.2 Å². The molecule has 2 aliphatic heterocycles. The average molecular weight is 408 g/mol. The predicted octanol–water partition coefficient (Wildman–Crippen LogP) is 3.09. The van der Waals surface area contributed by atoms with Gasteiger partial charge in [-0.2, -0.15) is 13.2 Å². The third kappa shape index (κ3) is 3.89. The number of likely N-dealkylation sites (N-methyl/N-ethyl adjacent to an activating group) is 1. The molecule has 2 aromatic rings. The van der Waals surface area contributed by atoms with Crippen molar-refractivity contribution in [2.24, 2.45) is 0 Å². The molecule has 2 atom stereocenters. The largest absolute Gasteiger partial charge is 0.507 e. The van der Waals surface area contributed by atoms with Crippen LogP contribution in [-0.4, -0.2) is 65.6 Å². The summed E-state index contributed by atoms with van der Waals surface area (Å²) in [6, 6.07) is 5.41. The van der Waals surface area contributed by atoms with E-state index in [0.717, 1.165) is 31.6 Å². The fourth-order valence-electron chi connectivity index (χ4n) is 4.19. The molecule has 156 valence electrons. The van der Waals surface area contributed by atoms with Crippen LogP contribution in [0.25, 0.3) is 11.3 Å². The van der Waals surface area contributed by atoms with Crippen molar-refractivity contribution in [2.45, 2.75) is 31.7 Å². The lowest BCUT2D eigenvalue weighted by molar-refractivity contribution is -0.137. The van der Waals surface area contributed by atoms with Crippen molar-refractivity contribution in [2.75, 3.05) is 38.2 Å². The fourth-order valence-corrected chi connectivity index (χ4v) is 4.19. The second-order valence-electron chi connectivity index (χ2n) is 7.68. The van der Waals surface area contributed by atoms with Crippen molar-refractivity contribution in [1.29, 1.82) is 0 Å². The summed E-state index contributed by atoms with van der Waals surface area (Å²) in [5, 5.41) is 18.7. The SMILES string of the molecule is Cc1cc(C(F)(F)F)cc(O)c1-c1ccc(N2CCO[C@H]3CCN(C)C[C@H]32)nn1. The van der Waals surface area contributed by atoms with Crippen LogP contribution in [0.3, 0.4) is 0 Å². The van der Waals surface area contributed by atoms with Crippen LogP contribution in [-0.2, 0) is 10.9 Å². The molecular formula is C20H23F3N4O2. The van der Waals surface area contributed by atoms with E-state index >= 15 is 0 Å². The van der Waals surface area contributed by atoms with Crippen LogP contribution in [0.4, 0.5) is 19.0 Å². The number of morpholine rings is 1. The van der Waals surface area contributed by atoms with Crippen LogP contribution >= 0.6 is 0 Å². The number of phenols is 1. The number of fused-ring (bicyclic) bond motifs is 1. The Balaban J connectivity index is 1.61. The number of hydrogen-bond acceptors (Lipinski definition) is 6. The van der Waals surface area contributed by atoms with Crippen molar-refractivity contribution in [3.63, 3.8) is 0 Å². The van der Waals surface area contributed by atoms with Crippen molar-refractivity contribution in [3.05, 3.63) is 35.4 Å². The number of aromatic hydroxyl groups is 1. The number of piperidine rings is 1. The van der Waals surface area contributed by atoms with Gasteiger partial charge in [0.2, 0.25) is 0 Å². The Morgan fingerprint density at radius 2 is 1.97 bits per heavy atom. The van der Waals surface area contributed by atoms with E-state index in [9.17, 15) is 18.3 Å². The topological polar surface area (TPSA) is 61.7 Å². The highest BCUT2D eigenvalue weighted by molar-refractivity contribution is 5.71. The molecule has 0 spiro atoms. The monoisotopic (exact) mass is 408 g/mol. The molecule has 0 bridgehead atoms. The molecule has 6 nitrogen and oxygen atoms in total. The molecule has 29 heavy (non-hydrogen) atoms. The number of hydrogen-bond donors (Lipinski definition) is 1. The summed E-state index contributed by atoms with van der Waals surface area (Å²) in [6.45, 7) is 4.70. The van der Waals surface area contributed by atoms with Gasteiger partial charge in [-0.15, -0.1) is 10.2 Å². The lowest BCUT2D eigenvalue weighted by Crippen LogP contribution is -2.59. The first-order chi connectivity index (χ1) is 13.7. The third-order valence-electron chi connectivity index (χ3n) is 5.63. The minimum Gasteiger partial charge on any atom is -0.507 e. The fraction of sp³-hybridized carbons (Fsp3) is 0.500. The quantitative estimate of drug-likeness (QED) is 0.824. The van der Waals surface area contributed by atoms with Gasteiger partial charge < -0.3 is 19.6 Å². The Morgan fingerprint density at radius 3 is 2.62 bits per heavy atom. The highest BCUT2D eigenvalue weighted by atomic mass is 19.4. The van der Waals surface area contributed by atoms with Gasteiger partial charge in [0, 0.05) is 25.2 Å². The van der Waals surface area contributed by atoms with Crippen molar-refractivity contribution >= 4 is 5.82 Å². The number of likely N-dealkylation sites (tertiary alicyclic amines) is 1. The lowest BCUT2D eigenvalue weighted by atomic mass is 9.99. The zero-order valence-electron chi connectivity index (χ0n) is 16.3. The molecule has 2 saturated heterocycles. The van der Waals surface area contributed by atoms with E-state index in [2.05, 4.69) is 27.0 Å². The van der Waals surface area contributed by atoms with Gasteiger partial charge in [0.15, 0.2) is 5.82 Å². The second kappa shape index (κ2) is 7.46. The van der Waals surface area contributed by atoms with E-state index in [1.165, 1.54) is 6.92 Å². The van der Waals surface area contributed by atoms with Crippen LogP contribution in [0.5, 0.6) is 5.75 Å². The summed E-state index contributed by atoms with van der Waals surface area (Å²) >= 11 is 0. The number of rotatable bonds is 2. The zero-order chi connectivity index (χ0) is 20.8. The number of aryl methyl sites for hydroxylation is 1. The third-order valence-corrected chi connectivity index (χ3v) is 5.63. The van der Waals surface area contributed by atoms with Crippen molar-refractivity contribution in [1.82, 2.24) is 15.1 Å². The Kier molecular flexibility index (Phi) is 5.12. The molecule has 9 heteroatoms. The van der Waals surface area contributed by atoms with E-state index in [4.69, 9.17) is 4.74 Å². The first-order valence-corrected chi connectivity index (χ1v) is 9.56. The maximum absolute atomic E-state index is 12.9. The minimum atomic E-state index is -4.52. The van der Waals surface area contributed by atoms with Gasteiger partial charge in [-0.25, -0.2) is 0 Å². The lowest BCUT2D eigenvalue weighted by Gasteiger charge is -2.46. The first-order valence-electron chi connectivity index (χ1n) is 9.56. The number of anilines is 1. The number of ether oxygens (including phenoxy) is 1. The highest BCUT2D eigenvalue weighted by Gasteiger charge is 2.37. The molecule has 1 aromatic heterocycles. The van der Waals surface area contributed by atoms with E-state index < -0.39 is 17.5 Å². The van der Waals surface area contributed by atoms with Crippen molar-refractivity contribution < 1.29 is 23.0 Å². The van der Waals surface area contributed by atoms with Gasteiger partial charge in [0.1, 0.15) is 5.75 Å². The van der Waals surface area contributed by atoms with Crippen LogP contribution in [0.15, 0.2) is 24.3 Å². The molecular weight excluding hydrogens is 385 g/mol. The Labute approximate surface area is 166 Å². The average Bonchev–Trinajstić information content (AvgIpc) is 2.67. The molecule has 3 heterocycles. The molecule has 0 unspecified atom stereocenters. The molecule has 0 radical (unpaired) electrons. The Hall–Kier alpha value is -2.39. The summed E-state index contributed by atoms with van der Waals surface area (Å²) < 4.78 is 44.7. The molecule has 2 fully saturated rings. The number of aromatic nitrogens is 2. The van der Waals surface area contributed by atoms with Gasteiger partial charge in [0.25, 0.3) is 0 Å². The van der Waals surface area contributed by atoms with Gasteiger partial charge in [-0.05, 0) is 50.2 Å². The van der Waals surface area contributed by atoms with E-state index in [-0.39, 0.29) is 17.7 Å². The summed E-state index contributed by atoms with van der Waals surface area (Å²) in [5.41, 5.74) is -0.00123. The highest BCUT2D eigenvalue weighted by Crippen LogP contribution is 2.38. The maximum atomic E-state index is 12.9.